The molecular formula is C12H17N3O2. The van der Waals surface area contributed by atoms with Crippen LogP contribution in [0.1, 0.15) is 18.4 Å². The van der Waals surface area contributed by atoms with Gasteiger partial charge in [-0.1, -0.05) is 0 Å². The predicted molar refractivity (Wildman–Crippen MR) is 67.3 cm³/mol. The van der Waals surface area contributed by atoms with Crippen LogP contribution in [0, 0.1) is 17.0 Å². The number of piperidine rings is 1. The zero-order chi connectivity index (χ0) is 12.4. The third kappa shape index (κ3) is 2.74. The number of benzene rings is 1. The number of non-ortho nitro benzene ring substituents is 1. The summed E-state index contributed by atoms with van der Waals surface area (Å²) in [6.07, 6.45) is 2.08. The van der Waals surface area contributed by atoms with E-state index in [4.69, 9.17) is 5.73 Å². The summed E-state index contributed by atoms with van der Waals surface area (Å²) >= 11 is 0. The molecule has 0 saturated carbocycles. The molecule has 17 heavy (non-hydrogen) atoms. The van der Waals surface area contributed by atoms with Crippen molar-refractivity contribution in [3.63, 3.8) is 0 Å². The summed E-state index contributed by atoms with van der Waals surface area (Å²) in [6, 6.07) is 5.37. The molecule has 0 radical (unpaired) electrons. The van der Waals surface area contributed by atoms with Gasteiger partial charge in [0.15, 0.2) is 0 Å². The summed E-state index contributed by atoms with van der Waals surface area (Å²) in [6.45, 7) is 3.58. The average molecular weight is 235 g/mol. The van der Waals surface area contributed by atoms with E-state index in [-0.39, 0.29) is 16.7 Å². The minimum atomic E-state index is -0.347. The second-order valence-electron chi connectivity index (χ2n) is 4.63. The lowest BCUT2D eigenvalue weighted by Gasteiger charge is -2.32. The molecule has 1 fully saturated rings. The first-order valence-electron chi connectivity index (χ1n) is 5.83. The smallest absolute Gasteiger partial charge is 0.271 e. The number of nitro benzene ring substituents is 1. The van der Waals surface area contributed by atoms with Gasteiger partial charge in [0.2, 0.25) is 0 Å². The fourth-order valence-electron chi connectivity index (χ4n) is 2.28. The van der Waals surface area contributed by atoms with E-state index in [1.54, 1.807) is 12.1 Å². The number of nitrogens with two attached hydrogens (primary N) is 1. The minimum absolute atomic E-state index is 0.152. The van der Waals surface area contributed by atoms with Crippen LogP contribution in [0.2, 0.25) is 0 Å². The Labute approximate surface area is 100 Å². The molecular weight excluding hydrogens is 218 g/mol. The summed E-state index contributed by atoms with van der Waals surface area (Å²) in [5.74, 6) is 0. The lowest BCUT2D eigenvalue weighted by Crippen LogP contribution is -2.42. The number of hydrogen-bond acceptors (Lipinski definition) is 4. The quantitative estimate of drug-likeness (QED) is 0.627. The third-order valence-electron chi connectivity index (χ3n) is 3.08. The lowest BCUT2D eigenvalue weighted by molar-refractivity contribution is -0.384. The zero-order valence-corrected chi connectivity index (χ0v) is 9.93. The van der Waals surface area contributed by atoms with Crippen LogP contribution >= 0.6 is 0 Å². The number of nitrogens with zero attached hydrogens (tertiary/aromatic N) is 2. The number of aryl methyl sites for hydroxylation is 1. The van der Waals surface area contributed by atoms with Crippen molar-refractivity contribution in [1.82, 2.24) is 0 Å². The van der Waals surface area contributed by atoms with Crippen LogP contribution in [0.25, 0.3) is 0 Å². The number of nitro groups is 1. The van der Waals surface area contributed by atoms with Crippen molar-refractivity contribution in [2.75, 3.05) is 18.0 Å². The topological polar surface area (TPSA) is 72.4 Å². The summed E-state index contributed by atoms with van der Waals surface area (Å²) in [4.78, 5) is 12.6. The molecule has 5 heteroatoms. The highest BCUT2D eigenvalue weighted by molar-refractivity contribution is 5.56. The van der Waals surface area contributed by atoms with E-state index >= 15 is 0 Å². The molecule has 1 saturated heterocycles. The van der Waals surface area contributed by atoms with Crippen LogP contribution in [0.5, 0.6) is 0 Å². The van der Waals surface area contributed by atoms with Crippen molar-refractivity contribution in [3.8, 4) is 0 Å². The number of anilines is 1. The predicted octanol–water partition coefficient (Wildman–Crippen LogP) is 1.83. The first kappa shape index (κ1) is 11.9. The van der Waals surface area contributed by atoms with E-state index in [9.17, 15) is 10.1 Å². The Bertz CT molecular complexity index is 434. The van der Waals surface area contributed by atoms with Crippen LogP contribution < -0.4 is 10.6 Å². The number of hydrogen-bond donors (Lipinski definition) is 1. The molecule has 0 bridgehead atoms. The van der Waals surface area contributed by atoms with E-state index in [2.05, 4.69) is 4.90 Å². The van der Waals surface area contributed by atoms with Gasteiger partial charge in [0.1, 0.15) is 0 Å². The van der Waals surface area contributed by atoms with Crippen LogP contribution in [0.4, 0.5) is 11.4 Å². The Balaban J connectivity index is 2.28. The van der Waals surface area contributed by atoms with Crippen LogP contribution in [0.15, 0.2) is 18.2 Å². The molecule has 2 rings (SSSR count). The molecule has 92 valence electrons. The van der Waals surface area contributed by atoms with Crippen LogP contribution in [-0.4, -0.2) is 24.1 Å². The highest BCUT2D eigenvalue weighted by Crippen LogP contribution is 2.25. The second-order valence-corrected chi connectivity index (χ2v) is 4.63. The molecule has 2 N–H and O–H groups in total. The molecule has 1 heterocycles. The highest BCUT2D eigenvalue weighted by Gasteiger charge is 2.19. The summed E-state index contributed by atoms with van der Waals surface area (Å²) in [7, 11) is 0. The molecule has 1 aliphatic heterocycles. The van der Waals surface area contributed by atoms with E-state index in [1.165, 1.54) is 0 Å². The molecule has 1 aromatic carbocycles. The minimum Gasteiger partial charge on any atom is -0.370 e. The van der Waals surface area contributed by atoms with Crippen molar-refractivity contribution in [3.05, 3.63) is 33.9 Å². The SMILES string of the molecule is Cc1cc(N2CCC[C@@H](N)C2)cc([N+](=O)[O-])c1. The van der Waals surface area contributed by atoms with Gasteiger partial charge in [0.05, 0.1) is 4.92 Å². The molecule has 1 aromatic rings. The number of rotatable bonds is 2. The van der Waals surface area contributed by atoms with Crippen molar-refractivity contribution >= 4 is 11.4 Å². The van der Waals surface area contributed by atoms with Crippen molar-refractivity contribution in [2.24, 2.45) is 5.73 Å². The largest absolute Gasteiger partial charge is 0.370 e. The molecule has 0 spiro atoms. The zero-order valence-electron chi connectivity index (χ0n) is 9.93. The second kappa shape index (κ2) is 4.71. The van der Waals surface area contributed by atoms with Gasteiger partial charge in [-0.05, 0) is 31.4 Å². The maximum absolute atomic E-state index is 10.8. The van der Waals surface area contributed by atoms with Gasteiger partial charge in [-0.3, -0.25) is 10.1 Å². The van der Waals surface area contributed by atoms with Gasteiger partial charge < -0.3 is 10.6 Å². The summed E-state index contributed by atoms with van der Waals surface area (Å²) in [5, 5.41) is 10.8. The average Bonchev–Trinajstić information content (AvgIpc) is 2.28. The van der Waals surface area contributed by atoms with E-state index in [0.29, 0.717) is 0 Å². The van der Waals surface area contributed by atoms with Gasteiger partial charge in [-0.2, -0.15) is 0 Å². The molecule has 0 amide bonds. The van der Waals surface area contributed by atoms with Crippen LogP contribution in [-0.2, 0) is 0 Å². The Hall–Kier alpha value is -1.62. The first-order valence-corrected chi connectivity index (χ1v) is 5.83. The van der Waals surface area contributed by atoms with Crippen molar-refractivity contribution in [2.45, 2.75) is 25.8 Å². The normalized spacial score (nSPS) is 20.4. The van der Waals surface area contributed by atoms with E-state index in [1.807, 2.05) is 13.0 Å². The van der Waals surface area contributed by atoms with Crippen LogP contribution in [0.3, 0.4) is 0 Å². The van der Waals surface area contributed by atoms with Crippen molar-refractivity contribution in [1.29, 1.82) is 0 Å². The first-order chi connectivity index (χ1) is 8.06. The fourth-order valence-corrected chi connectivity index (χ4v) is 2.28. The van der Waals surface area contributed by atoms with Gasteiger partial charge in [0.25, 0.3) is 5.69 Å². The molecule has 1 aliphatic rings. The standard InChI is InChI=1S/C12H17N3O2/c1-9-5-11(7-12(6-9)15(16)17)14-4-2-3-10(13)8-14/h5-7,10H,2-4,8,13H2,1H3/t10-/m1/s1. The van der Waals surface area contributed by atoms with E-state index < -0.39 is 0 Å². The van der Waals surface area contributed by atoms with Crippen molar-refractivity contribution < 1.29 is 4.92 Å². The monoisotopic (exact) mass is 235 g/mol. The summed E-state index contributed by atoms with van der Waals surface area (Å²) < 4.78 is 0. The third-order valence-corrected chi connectivity index (χ3v) is 3.08. The maximum atomic E-state index is 10.8. The molecule has 5 nitrogen and oxygen atoms in total. The molecule has 0 unspecified atom stereocenters. The van der Waals surface area contributed by atoms with Gasteiger partial charge in [-0.25, -0.2) is 0 Å². The summed E-state index contributed by atoms with van der Waals surface area (Å²) in [5.41, 5.74) is 7.89. The van der Waals surface area contributed by atoms with Gasteiger partial charge in [0, 0.05) is 37.0 Å². The fraction of sp³-hybridized carbons (Fsp3) is 0.500. The lowest BCUT2D eigenvalue weighted by atomic mass is 10.1. The highest BCUT2D eigenvalue weighted by atomic mass is 16.6. The Morgan fingerprint density at radius 2 is 2.24 bits per heavy atom. The Morgan fingerprint density at radius 3 is 2.88 bits per heavy atom. The van der Waals surface area contributed by atoms with Gasteiger partial charge >= 0.3 is 0 Å². The molecule has 0 aromatic heterocycles. The Kier molecular flexibility index (Phi) is 3.28. The molecule has 0 aliphatic carbocycles. The Morgan fingerprint density at radius 1 is 1.47 bits per heavy atom. The molecule has 1 atom stereocenters. The maximum Gasteiger partial charge on any atom is 0.271 e. The van der Waals surface area contributed by atoms with E-state index in [0.717, 1.165) is 37.2 Å². The van der Waals surface area contributed by atoms with Gasteiger partial charge in [-0.15, -0.1) is 0 Å².